The second-order valence-electron chi connectivity index (χ2n) is 15.1. The Morgan fingerprint density at radius 1 is 0.943 bits per heavy atom. The van der Waals surface area contributed by atoms with Gasteiger partial charge in [0.25, 0.3) is 0 Å². The lowest BCUT2D eigenvalue weighted by Crippen LogP contribution is -2.66. The van der Waals surface area contributed by atoms with Crippen LogP contribution >= 0.6 is 0 Å². The molecule has 0 aliphatic heterocycles. The lowest BCUT2D eigenvalue weighted by atomic mass is 9.33. The molecule has 5 rings (SSSR count). The molecule has 0 radical (unpaired) electrons. The summed E-state index contributed by atoms with van der Waals surface area (Å²) in [5, 5.41) is 10.9. The Kier molecular flexibility index (Phi) is 5.43. The Bertz CT molecular complexity index is 980. The van der Waals surface area contributed by atoms with E-state index in [1.54, 1.807) is 0 Å². The number of hydrogen-bond donors (Lipinski definition) is 1. The maximum absolute atomic E-state index is 14.3. The predicted octanol–water partition coefficient (Wildman–Crippen LogP) is 6.50. The average molecular weight is 485 g/mol. The number of carbonyl (C=O) groups is 2. The highest BCUT2D eigenvalue weighted by atomic mass is 16.5. The molecule has 5 aliphatic carbocycles. The van der Waals surface area contributed by atoms with Crippen LogP contribution in [0.3, 0.4) is 0 Å². The van der Waals surface area contributed by atoms with E-state index in [2.05, 4.69) is 54.5 Å². The van der Waals surface area contributed by atoms with Crippen LogP contribution in [0.15, 0.2) is 11.6 Å². The van der Waals surface area contributed by atoms with Crippen LogP contribution in [0.25, 0.3) is 0 Å². The van der Waals surface area contributed by atoms with Crippen LogP contribution in [0.5, 0.6) is 0 Å². The Hall–Kier alpha value is -1.16. The van der Waals surface area contributed by atoms with E-state index in [1.165, 1.54) is 12.7 Å². The zero-order chi connectivity index (χ0) is 25.8. The summed E-state index contributed by atoms with van der Waals surface area (Å²) in [5.41, 5.74) is 0.590. The van der Waals surface area contributed by atoms with Gasteiger partial charge in [0.1, 0.15) is 0 Å². The van der Waals surface area contributed by atoms with E-state index >= 15 is 0 Å². The van der Waals surface area contributed by atoms with Gasteiger partial charge in [-0.1, -0.05) is 47.1 Å². The molecular weight excluding hydrogens is 436 g/mol. The molecule has 0 unspecified atom stereocenters. The summed E-state index contributed by atoms with van der Waals surface area (Å²) in [6, 6.07) is 0. The third kappa shape index (κ3) is 3.07. The van der Waals surface area contributed by atoms with E-state index in [9.17, 15) is 14.7 Å². The number of fused-ring (bicyclic) bond motifs is 7. The van der Waals surface area contributed by atoms with Crippen molar-refractivity contribution in [3.63, 3.8) is 0 Å². The number of ketones is 1. The van der Waals surface area contributed by atoms with Crippen LogP contribution in [0.2, 0.25) is 0 Å². The molecule has 35 heavy (non-hydrogen) atoms. The zero-order valence-corrected chi connectivity index (χ0v) is 23.4. The fourth-order valence-electron chi connectivity index (χ4n) is 10.6. The van der Waals surface area contributed by atoms with Gasteiger partial charge in [0.2, 0.25) is 0 Å². The molecule has 4 nitrogen and oxygen atoms in total. The molecule has 196 valence electrons. The summed E-state index contributed by atoms with van der Waals surface area (Å²) in [7, 11) is 1.50. The number of aliphatic hydroxyl groups excluding tert-OH is 1. The van der Waals surface area contributed by atoms with Crippen LogP contribution in [0.1, 0.15) is 106 Å². The van der Waals surface area contributed by atoms with Gasteiger partial charge in [-0.15, -0.1) is 0 Å². The first-order chi connectivity index (χ1) is 16.1. The molecule has 4 heteroatoms. The van der Waals surface area contributed by atoms with Crippen molar-refractivity contribution in [2.45, 2.75) is 112 Å². The standard InChI is InChI=1S/C31H48O4/c1-26(2)22-9-12-31(7)24(29(22,5)11-10-23(26)33)21(32)17-19-20-18-28(4,25(34)35-8)14-13-27(20,3)15-16-30(19,31)6/h17,20,22-24,33H,9-16,18H2,1-8H3/t20-,22-,23+,24+,27+,28-,29-,30-,31-/m0/s1. The molecule has 0 aromatic heterocycles. The molecule has 0 bridgehead atoms. The van der Waals surface area contributed by atoms with Crippen molar-refractivity contribution in [2.75, 3.05) is 7.11 Å². The predicted molar refractivity (Wildman–Crippen MR) is 137 cm³/mol. The first kappa shape index (κ1) is 25.5. The number of methoxy groups -OCH3 is 1. The molecule has 4 fully saturated rings. The first-order valence-corrected chi connectivity index (χ1v) is 14.1. The number of esters is 1. The average Bonchev–Trinajstić information content (AvgIpc) is 2.78. The quantitative estimate of drug-likeness (QED) is 0.431. The molecule has 9 atom stereocenters. The minimum atomic E-state index is -0.480. The second-order valence-corrected chi connectivity index (χ2v) is 15.1. The Labute approximate surface area is 212 Å². The number of rotatable bonds is 1. The fourth-order valence-corrected chi connectivity index (χ4v) is 10.6. The van der Waals surface area contributed by atoms with Gasteiger partial charge >= 0.3 is 5.97 Å². The van der Waals surface area contributed by atoms with Gasteiger partial charge in [0.05, 0.1) is 18.6 Å². The molecule has 0 amide bonds. The second kappa shape index (κ2) is 7.45. The van der Waals surface area contributed by atoms with Crippen molar-refractivity contribution in [1.82, 2.24) is 0 Å². The van der Waals surface area contributed by atoms with Crippen molar-refractivity contribution in [1.29, 1.82) is 0 Å². The molecule has 0 spiro atoms. The fraction of sp³-hybridized carbons (Fsp3) is 0.871. The van der Waals surface area contributed by atoms with Crippen LogP contribution in [-0.2, 0) is 14.3 Å². The van der Waals surface area contributed by atoms with E-state index in [4.69, 9.17) is 4.74 Å². The van der Waals surface area contributed by atoms with Crippen molar-refractivity contribution >= 4 is 11.8 Å². The summed E-state index contributed by atoms with van der Waals surface area (Å²) < 4.78 is 5.25. The Balaban J connectivity index is 1.61. The SMILES string of the molecule is COC(=O)[C@@]1(C)CC[C@]2(C)CC[C@@]3(C)C(=CC(=O)[C@@H]4[C@@]5(C)CC[C@@H](O)C(C)(C)[C@@H]5CC[C@@]43C)[C@@H]2C1. The van der Waals surface area contributed by atoms with Crippen molar-refractivity contribution < 1.29 is 19.4 Å². The Morgan fingerprint density at radius 2 is 1.60 bits per heavy atom. The summed E-state index contributed by atoms with van der Waals surface area (Å²) in [6.45, 7) is 16.2. The van der Waals surface area contributed by atoms with Crippen LogP contribution in [0, 0.1) is 50.2 Å². The molecular formula is C31H48O4. The minimum absolute atomic E-state index is 0.00536. The van der Waals surface area contributed by atoms with Gasteiger partial charge in [0, 0.05) is 5.92 Å². The van der Waals surface area contributed by atoms with Crippen molar-refractivity contribution in [2.24, 2.45) is 50.2 Å². The third-order valence-corrected chi connectivity index (χ3v) is 13.2. The Morgan fingerprint density at radius 3 is 2.26 bits per heavy atom. The highest BCUT2D eigenvalue weighted by Gasteiger charge is 2.70. The van der Waals surface area contributed by atoms with Crippen molar-refractivity contribution in [3.05, 3.63) is 11.6 Å². The number of hydrogen-bond acceptors (Lipinski definition) is 4. The summed E-state index contributed by atoms with van der Waals surface area (Å²) in [6.07, 6.45) is 10.5. The van der Waals surface area contributed by atoms with E-state index in [0.717, 1.165) is 57.8 Å². The summed E-state index contributed by atoms with van der Waals surface area (Å²) >= 11 is 0. The normalized spacial score (nSPS) is 52.8. The van der Waals surface area contributed by atoms with Gasteiger partial charge in [-0.05, 0) is 110 Å². The summed E-state index contributed by atoms with van der Waals surface area (Å²) in [4.78, 5) is 27.1. The minimum Gasteiger partial charge on any atom is -0.469 e. The molecule has 5 aliphatic rings. The van der Waals surface area contributed by atoms with Crippen LogP contribution in [0.4, 0.5) is 0 Å². The highest BCUT2D eigenvalue weighted by molar-refractivity contribution is 5.95. The van der Waals surface area contributed by atoms with Gasteiger partial charge in [0.15, 0.2) is 5.78 Å². The van der Waals surface area contributed by atoms with Gasteiger partial charge < -0.3 is 9.84 Å². The number of ether oxygens (including phenoxy) is 1. The maximum atomic E-state index is 14.3. The third-order valence-electron chi connectivity index (χ3n) is 13.2. The monoisotopic (exact) mass is 484 g/mol. The molecule has 0 saturated heterocycles. The smallest absolute Gasteiger partial charge is 0.311 e. The zero-order valence-electron chi connectivity index (χ0n) is 23.4. The molecule has 0 heterocycles. The largest absolute Gasteiger partial charge is 0.469 e. The highest BCUT2D eigenvalue weighted by Crippen LogP contribution is 2.75. The number of aliphatic hydroxyl groups is 1. The topological polar surface area (TPSA) is 63.6 Å². The van der Waals surface area contributed by atoms with Gasteiger partial charge in [-0.2, -0.15) is 0 Å². The van der Waals surface area contributed by atoms with E-state index in [0.29, 0.717) is 11.7 Å². The van der Waals surface area contributed by atoms with Crippen LogP contribution < -0.4 is 0 Å². The summed E-state index contributed by atoms with van der Waals surface area (Å²) in [5.74, 6) is 0.805. The van der Waals surface area contributed by atoms with E-state index < -0.39 is 5.41 Å². The van der Waals surface area contributed by atoms with E-state index in [1.807, 2.05) is 0 Å². The number of allylic oxidation sites excluding steroid dienone is 2. The van der Waals surface area contributed by atoms with E-state index in [-0.39, 0.29) is 51.0 Å². The first-order valence-electron chi connectivity index (χ1n) is 14.1. The number of carbonyl (C=O) groups excluding carboxylic acids is 2. The maximum Gasteiger partial charge on any atom is 0.311 e. The van der Waals surface area contributed by atoms with Crippen molar-refractivity contribution in [3.8, 4) is 0 Å². The van der Waals surface area contributed by atoms with Crippen LogP contribution in [-0.4, -0.2) is 30.1 Å². The van der Waals surface area contributed by atoms with Gasteiger partial charge in [-0.3, -0.25) is 9.59 Å². The lowest BCUT2D eigenvalue weighted by Gasteiger charge is -2.70. The molecule has 0 aromatic carbocycles. The lowest BCUT2D eigenvalue weighted by molar-refractivity contribution is -0.202. The molecule has 0 aromatic rings. The molecule has 4 saturated carbocycles. The molecule has 1 N–H and O–H groups in total. The van der Waals surface area contributed by atoms with Gasteiger partial charge in [-0.25, -0.2) is 0 Å².